The van der Waals surface area contributed by atoms with Crippen molar-refractivity contribution in [3.63, 3.8) is 0 Å². The Balaban J connectivity index is 1.84. The number of amides is 1. The van der Waals surface area contributed by atoms with Gasteiger partial charge in [0.2, 0.25) is 10.0 Å². The zero-order valence-corrected chi connectivity index (χ0v) is 15.2. The molecule has 3 rings (SSSR count). The van der Waals surface area contributed by atoms with Crippen LogP contribution < -0.4 is 14.8 Å². The van der Waals surface area contributed by atoms with Crippen LogP contribution in [0.2, 0.25) is 0 Å². The molecule has 0 unspecified atom stereocenters. The van der Waals surface area contributed by atoms with Gasteiger partial charge >= 0.3 is 0 Å². The van der Waals surface area contributed by atoms with Gasteiger partial charge in [0, 0.05) is 6.54 Å². The third kappa shape index (κ3) is 3.83. The standard InChI is InChI=1S/C18H17FN2O5S/c1-2-20-27(24,25)11-7-8-14(19)13(9-11)18(23)21-15-10-26-16-6-4-3-5-12(16)17(15)22/h3-9,15,20H,2,10H2,1H3,(H,21,23)/t15-/m1/s1. The highest BCUT2D eigenvalue weighted by Crippen LogP contribution is 2.24. The van der Waals surface area contributed by atoms with Gasteiger partial charge in [-0.05, 0) is 30.3 Å². The fourth-order valence-corrected chi connectivity index (χ4v) is 3.76. The van der Waals surface area contributed by atoms with Crippen LogP contribution in [0.4, 0.5) is 4.39 Å². The minimum absolute atomic E-state index is 0.0986. The van der Waals surface area contributed by atoms with Crippen molar-refractivity contribution >= 4 is 21.7 Å². The van der Waals surface area contributed by atoms with E-state index in [1.54, 1.807) is 31.2 Å². The Morgan fingerprint density at radius 3 is 2.74 bits per heavy atom. The Hall–Kier alpha value is -2.78. The molecule has 0 fully saturated rings. The van der Waals surface area contributed by atoms with Crippen LogP contribution in [0.25, 0.3) is 0 Å². The second-order valence-corrected chi connectivity index (χ2v) is 7.61. The summed E-state index contributed by atoms with van der Waals surface area (Å²) in [6.07, 6.45) is 0. The molecule has 0 spiro atoms. The molecular formula is C18H17FN2O5S. The fourth-order valence-electron chi connectivity index (χ4n) is 2.69. The molecule has 0 saturated heterocycles. The number of nitrogens with one attached hydrogen (secondary N) is 2. The first-order chi connectivity index (χ1) is 12.8. The number of carbonyl (C=O) groups is 2. The number of ether oxygens (including phenoxy) is 1. The molecule has 1 heterocycles. The van der Waals surface area contributed by atoms with Crippen LogP contribution in [0.3, 0.4) is 0 Å². The molecule has 0 radical (unpaired) electrons. The molecule has 2 aromatic rings. The number of carbonyl (C=O) groups excluding carboxylic acids is 2. The Morgan fingerprint density at radius 2 is 2.00 bits per heavy atom. The van der Waals surface area contributed by atoms with Crippen LogP contribution in [0, 0.1) is 5.82 Å². The van der Waals surface area contributed by atoms with Crippen LogP contribution >= 0.6 is 0 Å². The van der Waals surface area contributed by atoms with Crippen molar-refractivity contribution in [1.29, 1.82) is 0 Å². The van der Waals surface area contributed by atoms with E-state index >= 15 is 0 Å². The topological polar surface area (TPSA) is 102 Å². The van der Waals surface area contributed by atoms with Crippen molar-refractivity contribution in [1.82, 2.24) is 10.0 Å². The first-order valence-corrected chi connectivity index (χ1v) is 9.68. The molecule has 27 heavy (non-hydrogen) atoms. The quantitative estimate of drug-likeness (QED) is 0.803. The zero-order chi connectivity index (χ0) is 19.6. The number of fused-ring (bicyclic) bond motifs is 1. The maximum Gasteiger partial charge on any atom is 0.255 e. The minimum atomic E-state index is -3.86. The summed E-state index contributed by atoms with van der Waals surface area (Å²) in [5.41, 5.74) is -0.154. The van der Waals surface area contributed by atoms with Crippen molar-refractivity contribution in [2.24, 2.45) is 0 Å². The number of hydrogen-bond donors (Lipinski definition) is 2. The summed E-state index contributed by atoms with van der Waals surface area (Å²) in [5.74, 6) is -1.74. The second kappa shape index (κ2) is 7.45. The van der Waals surface area contributed by atoms with Crippen molar-refractivity contribution in [3.8, 4) is 5.75 Å². The summed E-state index contributed by atoms with van der Waals surface area (Å²) in [7, 11) is -3.86. The maximum absolute atomic E-state index is 14.1. The van der Waals surface area contributed by atoms with Crippen LogP contribution in [0.5, 0.6) is 5.75 Å². The number of para-hydroxylation sites is 1. The molecule has 1 atom stereocenters. The van der Waals surface area contributed by atoms with Gasteiger partial charge in [0.15, 0.2) is 5.78 Å². The predicted octanol–water partition coefficient (Wildman–Crippen LogP) is 1.50. The molecule has 1 aliphatic rings. The SMILES string of the molecule is CCNS(=O)(=O)c1ccc(F)c(C(=O)N[C@@H]2COc3ccccc3C2=O)c1. The normalized spacial score (nSPS) is 16.4. The lowest BCUT2D eigenvalue weighted by Crippen LogP contribution is -2.47. The van der Waals surface area contributed by atoms with E-state index in [-0.39, 0.29) is 23.8 Å². The highest BCUT2D eigenvalue weighted by Gasteiger charge is 2.31. The molecule has 1 amide bonds. The lowest BCUT2D eigenvalue weighted by atomic mass is 10.0. The number of benzene rings is 2. The monoisotopic (exact) mass is 392 g/mol. The number of ketones is 1. The van der Waals surface area contributed by atoms with Crippen LogP contribution in [-0.2, 0) is 10.0 Å². The van der Waals surface area contributed by atoms with Crippen molar-refractivity contribution < 1.29 is 27.1 Å². The predicted molar refractivity (Wildman–Crippen MR) is 94.8 cm³/mol. The summed E-state index contributed by atoms with van der Waals surface area (Å²) in [6.45, 7) is 1.65. The maximum atomic E-state index is 14.1. The average molecular weight is 392 g/mol. The number of sulfonamides is 1. The smallest absolute Gasteiger partial charge is 0.255 e. The van der Waals surface area contributed by atoms with E-state index in [1.165, 1.54) is 0 Å². The molecule has 2 N–H and O–H groups in total. The van der Waals surface area contributed by atoms with Gasteiger partial charge in [-0.1, -0.05) is 19.1 Å². The van der Waals surface area contributed by atoms with Crippen molar-refractivity contribution in [2.45, 2.75) is 17.9 Å². The summed E-state index contributed by atoms with van der Waals surface area (Å²) in [4.78, 5) is 24.7. The van der Waals surface area contributed by atoms with E-state index in [9.17, 15) is 22.4 Å². The van der Waals surface area contributed by atoms with Gasteiger partial charge in [0.25, 0.3) is 5.91 Å². The number of hydrogen-bond acceptors (Lipinski definition) is 5. The molecule has 0 aliphatic carbocycles. The van der Waals surface area contributed by atoms with E-state index in [0.29, 0.717) is 11.3 Å². The lowest BCUT2D eigenvalue weighted by molar-refractivity contribution is 0.0793. The molecule has 0 aromatic heterocycles. The Kier molecular flexibility index (Phi) is 5.24. The summed E-state index contributed by atoms with van der Waals surface area (Å²) in [6, 6.07) is 8.49. The van der Waals surface area contributed by atoms with Gasteiger partial charge in [-0.3, -0.25) is 9.59 Å². The van der Waals surface area contributed by atoms with Crippen molar-refractivity contribution in [2.75, 3.05) is 13.2 Å². The largest absolute Gasteiger partial charge is 0.490 e. The Morgan fingerprint density at radius 1 is 1.26 bits per heavy atom. The Bertz CT molecular complexity index is 1010. The van der Waals surface area contributed by atoms with Gasteiger partial charge in [0.05, 0.1) is 16.0 Å². The number of rotatable bonds is 5. The van der Waals surface area contributed by atoms with E-state index in [1.807, 2.05) is 0 Å². The Labute approximate surface area is 155 Å². The lowest BCUT2D eigenvalue weighted by Gasteiger charge is -2.24. The van der Waals surface area contributed by atoms with Gasteiger partial charge in [-0.25, -0.2) is 17.5 Å². The molecule has 142 valence electrons. The third-order valence-corrected chi connectivity index (χ3v) is 5.55. The van der Waals surface area contributed by atoms with E-state index in [2.05, 4.69) is 10.0 Å². The number of halogens is 1. The van der Waals surface area contributed by atoms with Crippen molar-refractivity contribution in [3.05, 3.63) is 59.4 Å². The molecule has 2 aromatic carbocycles. The molecule has 1 aliphatic heterocycles. The molecule has 0 saturated carbocycles. The summed E-state index contributed by atoms with van der Waals surface area (Å²) < 4.78 is 45.9. The second-order valence-electron chi connectivity index (χ2n) is 5.84. The summed E-state index contributed by atoms with van der Waals surface area (Å²) in [5, 5.41) is 2.41. The highest BCUT2D eigenvalue weighted by atomic mass is 32.2. The van der Waals surface area contributed by atoms with Crippen LogP contribution in [0.1, 0.15) is 27.6 Å². The average Bonchev–Trinajstić information content (AvgIpc) is 2.64. The van der Waals surface area contributed by atoms with Gasteiger partial charge in [-0.15, -0.1) is 0 Å². The molecular weight excluding hydrogens is 375 g/mol. The van der Waals surface area contributed by atoms with Crippen LogP contribution in [0.15, 0.2) is 47.4 Å². The fraction of sp³-hybridized carbons (Fsp3) is 0.222. The van der Waals surface area contributed by atoms with Gasteiger partial charge in [-0.2, -0.15) is 0 Å². The summed E-state index contributed by atoms with van der Waals surface area (Å²) >= 11 is 0. The van der Waals surface area contributed by atoms with Gasteiger partial charge in [0.1, 0.15) is 24.2 Å². The van der Waals surface area contributed by atoms with Crippen LogP contribution in [-0.4, -0.2) is 39.3 Å². The first kappa shape index (κ1) is 19.0. The van der Waals surface area contributed by atoms with E-state index in [0.717, 1.165) is 18.2 Å². The molecule has 0 bridgehead atoms. The molecule has 9 heteroatoms. The van der Waals surface area contributed by atoms with E-state index < -0.39 is 33.4 Å². The molecule has 7 nitrogen and oxygen atoms in total. The highest BCUT2D eigenvalue weighted by molar-refractivity contribution is 7.89. The number of Topliss-reactive ketones (excluding diaryl/α,β-unsaturated/α-hetero) is 1. The first-order valence-electron chi connectivity index (χ1n) is 8.19. The third-order valence-electron chi connectivity index (χ3n) is 4.01. The van der Waals surface area contributed by atoms with E-state index in [4.69, 9.17) is 4.74 Å². The van der Waals surface area contributed by atoms with Gasteiger partial charge < -0.3 is 10.1 Å². The minimum Gasteiger partial charge on any atom is -0.490 e. The zero-order valence-electron chi connectivity index (χ0n) is 14.4.